The molecule has 0 radical (unpaired) electrons. The van der Waals surface area contributed by atoms with Crippen molar-refractivity contribution in [1.29, 1.82) is 0 Å². The van der Waals surface area contributed by atoms with E-state index in [9.17, 15) is 4.79 Å². The van der Waals surface area contributed by atoms with Gasteiger partial charge in [0.1, 0.15) is 23.1 Å². The number of aryl methyl sites for hydroxylation is 1. The molecule has 1 saturated heterocycles. The van der Waals surface area contributed by atoms with E-state index in [4.69, 9.17) is 4.74 Å². The maximum Gasteiger partial charge on any atom is 0.270 e. The first-order valence-electron chi connectivity index (χ1n) is 9.74. The van der Waals surface area contributed by atoms with Crippen molar-refractivity contribution in [3.8, 4) is 5.75 Å². The second-order valence-corrected chi connectivity index (χ2v) is 7.41. The molecule has 0 unspecified atom stereocenters. The molecule has 0 atom stereocenters. The van der Waals surface area contributed by atoms with E-state index in [0.717, 1.165) is 43.4 Å². The van der Waals surface area contributed by atoms with Crippen LogP contribution >= 0.6 is 0 Å². The summed E-state index contributed by atoms with van der Waals surface area (Å²) in [5, 5.41) is 2.93. The third kappa shape index (κ3) is 4.71. The van der Waals surface area contributed by atoms with Gasteiger partial charge in [0.15, 0.2) is 0 Å². The lowest BCUT2D eigenvalue weighted by Gasteiger charge is -2.37. The number of aromatic nitrogens is 2. The molecule has 2 heterocycles. The van der Waals surface area contributed by atoms with Crippen LogP contribution in [-0.4, -0.2) is 55.7 Å². The summed E-state index contributed by atoms with van der Waals surface area (Å²) in [4.78, 5) is 25.8. The molecule has 0 aliphatic carbocycles. The SMILES string of the molecule is COc1ccccc1N1CCN(c2cc(C(=O)NCC(C)C)nc(C)n2)CC1. The zero-order chi connectivity index (χ0) is 20.1. The number of carbonyl (C=O) groups excluding carboxylic acids is 1. The molecule has 3 rings (SSSR count). The standard InChI is InChI=1S/C21H29N5O2/c1-15(2)14-22-21(27)17-13-20(24-16(3)23-17)26-11-9-25(10-12-26)18-7-5-6-8-19(18)28-4/h5-8,13,15H,9-12,14H2,1-4H3,(H,22,27). The summed E-state index contributed by atoms with van der Waals surface area (Å²) in [6.45, 7) is 9.96. The number of hydrogen-bond donors (Lipinski definition) is 1. The molecule has 1 N–H and O–H groups in total. The molecule has 28 heavy (non-hydrogen) atoms. The smallest absolute Gasteiger partial charge is 0.270 e. The molecule has 1 amide bonds. The number of methoxy groups -OCH3 is 1. The molecular formula is C21H29N5O2. The van der Waals surface area contributed by atoms with Crippen LogP contribution < -0.4 is 19.9 Å². The highest BCUT2D eigenvalue weighted by Crippen LogP contribution is 2.29. The molecule has 7 nitrogen and oxygen atoms in total. The highest BCUT2D eigenvalue weighted by atomic mass is 16.5. The van der Waals surface area contributed by atoms with E-state index >= 15 is 0 Å². The van der Waals surface area contributed by atoms with Crippen LogP contribution in [0.15, 0.2) is 30.3 Å². The first-order chi connectivity index (χ1) is 13.5. The lowest BCUT2D eigenvalue weighted by molar-refractivity contribution is 0.0943. The normalized spacial score (nSPS) is 14.3. The number of nitrogens with one attached hydrogen (secondary N) is 1. The van der Waals surface area contributed by atoms with Gasteiger partial charge in [-0.3, -0.25) is 4.79 Å². The van der Waals surface area contributed by atoms with Crippen molar-refractivity contribution in [3.05, 3.63) is 41.9 Å². The number of piperazine rings is 1. The van der Waals surface area contributed by atoms with Crippen LogP contribution in [0.25, 0.3) is 0 Å². The quantitative estimate of drug-likeness (QED) is 0.827. The van der Waals surface area contributed by atoms with E-state index < -0.39 is 0 Å². The van der Waals surface area contributed by atoms with Crippen LogP contribution in [-0.2, 0) is 0 Å². The van der Waals surface area contributed by atoms with Gasteiger partial charge in [0.25, 0.3) is 5.91 Å². The van der Waals surface area contributed by atoms with Gasteiger partial charge < -0.3 is 19.9 Å². The number of amides is 1. The Balaban J connectivity index is 1.69. The number of carbonyl (C=O) groups is 1. The molecule has 1 aliphatic rings. The lowest BCUT2D eigenvalue weighted by atomic mass is 10.2. The molecule has 1 aromatic heterocycles. The fourth-order valence-corrected chi connectivity index (χ4v) is 3.29. The molecular weight excluding hydrogens is 354 g/mol. The summed E-state index contributed by atoms with van der Waals surface area (Å²) in [5.74, 6) is 2.56. The molecule has 2 aromatic rings. The zero-order valence-corrected chi connectivity index (χ0v) is 17.1. The van der Waals surface area contributed by atoms with Gasteiger partial charge in [-0.25, -0.2) is 9.97 Å². The van der Waals surface area contributed by atoms with E-state index in [-0.39, 0.29) is 5.91 Å². The second-order valence-electron chi connectivity index (χ2n) is 7.41. The maximum absolute atomic E-state index is 12.4. The van der Waals surface area contributed by atoms with Crippen LogP contribution in [0.5, 0.6) is 5.75 Å². The Morgan fingerprint density at radius 3 is 2.50 bits per heavy atom. The second kappa shape index (κ2) is 8.91. The molecule has 150 valence electrons. The van der Waals surface area contributed by atoms with Gasteiger partial charge in [0, 0.05) is 38.8 Å². The van der Waals surface area contributed by atoms with Crippen molar-refractivity contribution >= 4 is 17.4 Å². The highest BCUT2D eigenvalue weighted by molar-refractivity contribution is 5.93. The summed E-state index contributed by atoms with van der Waals surface area (Å²) in [7, 11) is 1.70. The van der Waals surface area contributed by atoms with Crippen molar-refractivity contribution in [1.82, 2.24) is 15.3 Å². The number of rotatable bonds is 6. The minimum absolute atomic E-state index is 0.145. The molecule has 0 saturated carbocycles. The molecule has 1 aliphatic heterocycles. The molecule has 1 fully saturated rings. The Labute approximate surface area is 166 Å². The van der Waals surface area contributed by atoms with Crippen molar-refractivity contribution in [2.75, 3.05) is 49.6 Å². The largest absolute Gasteiger partial charge is 0.495 e. The predicted octanol–water partition coefficient (Wildman–Crippen LogP) is 2.51. The molecule has 0 spiro atoms. The first-order valence-corrected chi connectivity index (χ1v) is 9.74. The van der Waals surface area contributed by atoms with Crippen LogP contribution in [0.3, 0.4) is 0 Å². The van der Waals surface area contributed by atoms with Gasteiger partial charge in [-0.1, -0.05) is 26.0 Å². The molecule has 7 heteroatoms. The van der Waals surface area contributed by atoms with Crippen LogP contribution in [0.1, 0.15) is 30.2 Å². The number of hydrogen-bond acceptors (Lipinski definition) is 6. The van der Waals surface area contributed by atoms with E-state index in [1.54, 1.807) is 13.2 Å². The fourth-order valence-electron chi connectivity index (χ4n) is 3.29. The Bertz CT molecular complexity index is 816. The Morgan fingerprint density at radius 2 is 1.82 bits per heavy atom. The average molecular weight is 383 g/mol. The minimum Gasteiger partial charge on any atom is -0.495 e. The number of nitrogens with zero attached hydrogens (tertiary/aromatic N) is 4. The number of anilines is 2. The Kier molecular flexibility index (Phi) is 6.34. The number of ether oxygens (including phenoxy) is 1. The van der Waals surface area contributed by atoms with E-state index in [2.05, 4.69) is 45.0 Å². The summed E-state index contributed by atoms with van der Waals surface area (Å²) in [6, 6.07) is 9.87. The fraction of sp³-hybridized carbons (Fsp3) is 0.476. The number of benzene rings is 1. The minimum atomic E-state index is -0.145. The van der Waals surface area contributed by atoms with E-state index in [0.29, 0.717) is 24.0 Å². The average Bonchev–Trinajstić information content (AvgIpc) is 2.71. The summed E-state index contributed by atoms with van der Waals surface area (Å²) < 4.78 is 5.49. The third-order valence-electron chi connectivity index (χ3n) is 4.76. The highest BCUT2D eigenvalue weighted by Gasteiger charge is 2.22. The van der Waals surface area contributed by atoms with Crippen molar-refractivity contribution < 1.29 is 9.53 Å². The monoisotopic (exact) mass is 383 g/mol. The lowest BCUT2D eigenvalue weighted by Crippen LogP contribution is -2.47. The van der Waals surface area contributed by atoms with Gasteiger partial charge in [0.05, 0.1) is 12.8 Å². The van der Waals surface area contributed by atoms with Crippen molar-refractivity contribution in [2.24, 2.45) is 5.92 Å². The van der Waals surface area contributed by atoms with Crippen LogP contribution in [0, 0.1) is 12.8 Å². The number of para-hydroxylation sites is 2. The van der Waals surface area contributed by atoms with Gasteiger partial charge in [-0.2, -0.15) is 0 Å². The van der Waals surface area contributed by atoms with Crippen LogP contribution in [0.2, 0.25) is 0 Å². The predicted molar refractivity (Wildman–Crippen MR) is 111 cm³/mol. The Morgan fingerprint density at radius 1 is 1.14 bits per heavy atom. The van der Waals surface area contributed by atoms with E-state index in [1.807, 2.05) is 25.1 Å². The Hall–Kier alpha value is -2.83. The topological polar surface area (TPSA) is 70.6 Å². The van der Waals surface area contributed by atoms with Gasteiger partial charge in [0.2, 0.25) is 0 Å². The van der Waals surface area contributed by atoms with Gasteiger partial charge in [-0.15, -0.1) is 0 Å². The van der Waals surface area contributed by atoms with Crippen molar-refractivity contribution in [3.63, 3.8) is 0 Å². The van der Waals surface area contributed by atoms with E-state index in [1.165, 1.54) is 0 Å². The van der Waals surface area contributed by atoms with Gasteiger partial charge >= 0.3 is 0 Å². The summed E-state index contributed by atoms with van der Waals surface area (Å²) in [6.07, 6.45) is 0. The first kappa shape index (κ1) is 19.9. The molecule has 0 bridgehead atoms. The van der Waals surface area contributed by atoms with Crippen molar-refractivity contribution in [2.45, 2.75) is 20.8 Å². The summed E-state index contributed by atoms with van der Waals surface area (Å²) in [5.41, 5.74) is 1.53. The van der Waals surface area contributed by atoms with Gasteiger partial charge in [-0.05, 0) is 25.0 Å². The molecule has 1 aromatic carbocycles. The summed E-state index contributed by atoms with van der Waals surface area (Å²) >= 11 is 0. The maximum atomic E-state index is 12.4. The third-order valence-corrected chi connectivity index (χ3v) is 4.76. The van der Waals surface area contributed by atoms with Crippen LogP contribution in [0.4, 0.5) is 11.5 Å². The zero-order valence-electron chi connectivity index (χ0n) is 17.1.